The van der Waals surface area contributed by atoms with Crippen molar-refractivity contribution in [1.82, 2.24) is 30.0 Å². The number of amides is 1. The minimum Gasteiger partial charge on any atom is -0.462 e. The first-order chi connectivity index (χ1) is 21.8. The van der Waals surface area contributed by atoms with E-state index in [1.807, 2.05) is 26.2 Å². The van der Waals surface area contributed by atoms with Gasteiger partial charge >= 0.3 is 5.97 Å². The van der Waals surface area contributed by atoms with Crippen LogP contribution in [-0.2, 0) is 27.1 Å². The van der Waals surface area contributed by atoms with Gasteiger partial charge in [0.2, 0.25) is 0 Å². The van der Waals surface area contributed by atoms with Crippen LogP contribution in [-0.4, -0.2) is 157 Å². The number of ether oxygens (including phenoxy) is 3. The molecule has 13 heteroatoms. The minimum absolute atomic E-state index is 0.0380. The molecule has 3 aliphatic heterocycles. The van der Waals surface area contributed by atoms with Gasteiger partial charge < -0.3 is 44.6 Å². The van der Waals surface area contributed by atoms with Crippen LogP contribution >= 0.6 is 0 Å². The molecule has 3 aliphatic rings. The molecule has 252 valence electrons. The molecule has 5 heterocycles. The Labute approximate surface area is 266 Å². The zero-order valence-electron chi connectivity index (χ0n) is 27.1. The van der Waals surface area contributed by atoms with Crippen molar-refractivity contribution in [2.75, 3.05) is 98.5 Å². The fourth-order valence-corrected chi connectivity index (χ4v) is 6.04. The molecule has 2 atom stereocenters. The number of aliphatic hydroxyl groups is 2. The van der Waals surface area contributed by atoms with Crippen LogP contribution in [0.1, 0.15) is 50.2 Å². The van der Waals surface area contributed by atoms with Crippen molar-refractivity contribution in [3.8, 4) is 0 Å². The molecule has 2 aromatic rings. The lowest BCUT2D eigenvalue weighted by Crippen LogP contribution is -2.47. The molecule has 5 rings (SSSR count). The number of morpholine rings is 2. The van der Waals surface area contributed by atoms with Gasteiger partial charge in [0.05, 0.1) is 56.4 Å². The van der Waals surface area contributed by atoms with E-state index in [1.165, 1.54) is 0 Å². The number of aromatic amines is 2. The summed E-state index contributed by atoms with van der Waals surface area (Å²) in [6, 6.07) is 0. The molecule has 0 aliphatic carbocycles. The Balaban J connectivity index is 0.000000206. The summed E-state index contributed by atoms with van der Waals surface area (Å²) in [5.74, 6) is -0.241. The highest BCUT2D eigenvalue weighted by Gasteiger charge is 2.29. The smallest absolute Gasteiger partial charge is 0.340 e. The van der Waals surface area contributed by atoms with Gasteiger partial charge in [0, 0.05) is 102 Å². The van der Waals surface area contributed by atoms with Crippen LogP contribution in [0.25, 0.3) is 0 Å². The minimum atomic E-state index is -0.507. The Morgan fingerprint density at radius 2 is 1.56 bits per heavy atom. The normalized spacial score (nSPS) is 19.0. The zero-order chi connectivity index (χ0) is 32.2. The lowest BCUT2D eigenvalue weighted by molar-refractivity contribution is 0.00679. The van der Waals surface area contributed by atoms with E-state index in [-0.39, 0.29) is 11.9 Å². The Morgan fingerprint density at radius 1 is 0.933 bits per heavy atom. The standard InChI is InChI=1S/C17H29N3O4.C15H23N3O3/c1-3-24-17(22)16-13(2)10-19-15(16)4-5-18-11-14(21)12-20-6-8-23-9-7-20;1-11-8-16-13-2-3-18(15(20)14(11)13)10-12(19)9-17-4-6-21-7-5-17/h10,14,18-19,21H,3-9,11-12H2,1-2H3;8,12,16,19H,2-7,9-10H2,1H3. The molecular formula is C32H52N6O7. The van der Waals surface area contributed by atoms with Crippen molar-refractivity contribution in [2.24, 2.45) is 0 Å². The van der Waals surface area contributed by atoms with Crippen LogP contribution < -0.4 is 5.32 Å². The van der Waals surface area contributed by atoms with E-state index in [0.717, 1.165) is 87.1 Å². The summed E-state index contributed by atoms with van der Waals surface area (Å²) in [6.45, 7) is 16.0. The maximum atomic E-state index is 12.5. The number of carbonyl (C=O) groups excluding carboxylic acids is 2. The average molecular weight is 633 g/mol. The van der Waals surface area contributed by atoms with Gasteiger partial charge in [0.15, 0.2) is 0 Å². The summed E-state index contributed by atoms with van der Waals surface area (Å²) in [5.41, 5.74) is 5.21. The molecule has 1 amide bonds. The first-order valence-electron chi connectivity index (χ1n) is 16.2. The number of aromatic nitrogens is 2. The van der Waals surface area contributed by atoms with Gasteiger partial charge in [0.1, 0.15) is 0 Å². The molecule has 2 aromatic heterocycles. The largest absolute Gasteiger partial charge is 0.462 e. The predicted octanol–water partition coefficient (Wildman–Crippen LogP) is 0.340. The van der Waals surface area contributed by atoms with E-state index in [2.05, 4.69) is 25.1 Å². The number of H-pyrrole nitrogens is 2. The number of hydrogen-bond acceptors (Lipinski definition) is 10. The highest BCUT2D eigenvalue weighted by Crippen LogP contribution is 2.22. The molecule has 5 N–H and O–H groups in total. The van der Waals surface area contributed by atoms with Gasteiger partial charge in [0.25, 0.3) is 5.91 Å². The highest BCUT2D eigenvalue weighted by molar-refractivity contribution is 5.98. The second kappa shape index (κ2) is 17.8. The first-order valence-corrected chi connectivity index (χ1v) is 16.2. The maximum Gasteiger partial charge on any atom is 0.340 e. The van der Waals surface area contributed by atoms with Crippen molar-refractivity contribution in [3.05, 3.63) is 46.0 Å². The molecule has 2 fully saturated rings. The van der Waals surface area contributed by atoms with Crippen molar-refractivity contribution in [1.29, 1.82) is 0 Å². The number of carbonyl (C=O) groups is 2. The third kappa shape index (κ3) is 10.4. The third-order valence-electron chi connectivity index (χ3n) is 8.44. The van der Waals surface area contributed by atoms with E-state index < -0.39 is 12.2 Å². The fraction of sp³-hybridized carbons (Fsp3) is 0.688. The number of rotatable bonds is 13. The molecule has 13 nitrogen and oxygen atoms in total. The van der Waals surface area contributed by atoms with Crippen LogP contribution in [0, 0.1) is 13.8 Å². The van der Waals surface area contributed by atoms with Crippen molar-refractivity contribution in [2.45, 2.75) is 45.8 Å². The monoisotopic (exact) mass is 632 g/mol. The Bertz CT molecular complexity index is 1200. The van der Waals surface area contributed by atoms with E-state index >= 15 is 0 Å². The van der Waals surface area contributed by atoms with Gasteiger partial charge in [-0.3, -0.25) is 14.6 Å². The zero-order valence-corrected chi connectivity index (χ0v) is 27.1. The molecule has 0 spiro atoms. The van der Waals surface area contributed by atoms with Crippen molar-refractivity contribution in [3.63, 3.8) is 0 Å². The summed E-state index contributed by atoms with van der Waals surface area (Å²) in [7, 11) is 0. The predicted molar refractivity (Wildman–Crippen MR) is 170 cm³/mol. The fourth-order valence-electron chi connectivity index (χ4n) is 6.04. The number of fused-ring (bicyclic) bond motifs is 1. The third-order valence-corrected chi connectivity index (χ3v) is 8.44. The van der Waals surface area contributed by atoms with E-state index in [0.29, 0.717) is 57.9 Å². The number of β-amino-alcohol motifs (C(OH)–C–C–N with tert-alkyl or cyclic N) is 2. The molecule has 2 saturated heterocycles. The molecule has 0 saturated carbocycles. The lowest BCUT2D eigenvalue weighted by Gasteiger charge is -2.32. The first kappa shape index (κ1) is 35.1. The summed E-state index contributed by atoms with van der Waals surface area (Å²) in [6.07, 6.45) is 4.32. The lowest BCUT2D eigenvalue weighted by atomic mass is 10.0. The molecule has 0 aromatic carbocycles. The number of nitrogens with one attached hydrogen (secondary N) is 3. The number of aryl methyl sites for hydroxylation is 2. The SMILES string of the molecule is CCOC(=O)c1c(C)c[nH]c1CCNCC(O)CN1CCOCC1.Cc1c[nH]c2c1C(=O)N(CC(O)CN1CCOCC1)CC2. The Morgan fingerprint density at radius 3 is 2.20 bits per heavy atom. The number of esters is 1. The Hall–Kier alpha value is -2.78. The summed E-state index contributed by atoms with van der Waals surface area (Å²) in [4.78, 5) is 37.0. The molecule has 0 radical (unpaired) electrons. The second-order valence-electron chi connectivity index (χ2n) is 12.0. The van der Waals surface area contributed by atoms with Gasteiger partial charge in [-0.2, -0.15) is 0 Å². The summed E-state index contributed by atoms with van der Waals surface area (Å²) < 4.78 is 15.7. The Kier molecular flexibility index (Phi) is 13.9. The highest BCUT2D eigenvalue weighted by atomic mass is 16.5. The summed E-state index contributed by atoms with van der Waals surface area (Å²) in [5, 5.41) is 23.6. The molecule has 0 bridgehead atoms. The molecule has 2 unspecified atom stereocenters. The van der Waals surface area contributed by atoms with Crippen LogP contribution in [0.15, 0.2) is 12.4 Å². The molecule has 45 heavy (non-hydrogen) atoms. The van der Waals surface area contributed by atoms with Gasteiger partial charge in [-0.15, -0.1) is 0 Å². The van der Waals surface area contributed by atoms with Gasteiger partial charge in [-0.25, -0.2) is 4.79 Å². The molecular weight excluding hydrogens is 580 g/mol. The summed E-state index contributed by atoms with van der Waals surface area (Å²) >= 11 is 0. The van der Waals surface area contributed by atoms with Crippen LogP contribution in [0.3, 0.4) is 0 Å². The van der Waals surface area contributed by atoms with Crippen LogP contribution in [0.2, 0.25) is 0 Å². The topological polar surface area (TPSA) is 156 Å². The van der Waals surface area contributed by atoms with Crippen LogP contribution in [0.4, 0.5) is 0 Å². The second-order valence-corrected chi connectivity index (χ2v) is 12.0. The quantitative estimate of drug-likeness (QED) is 0.154. The van der Waals surface area contributed by atoms with Crippen molar-refractivity contribution >= 4 is 11.9 Å². The maximum absolute atomic E-state index is 12.5. The van der Waals surface area contributed by atoms with Gasteiger partial charge in [-0.05, 0) is 31.9 Å². The van der Waals surface area contributed by atoms with Crippen LogP contribution in [0.5, 0.6) is 0 Å². The van der Waals surface area contributed by atoms with E-state index in [4.69, 9.17) is 14.2 Å². The average Bonchev–Trinajstić information content (AvgIpc) is 3.60. The number of nitrogens with zero attached hydrogens (tertiary/aromatic N) is 3. The van der Waals surface area contributed by atoms with E-state index in [1.54, 1.807) is 11.8 Å². The number of aliphatic hydroxyl groups excluding tert-OH is 2. The van der Waals surface area contributed by atoms with Crippen molar-refractivity contribution < 1.29 is 34.0 Å². The number of hydrogen-bond donors (Lipinski definition) is 5. The van der Waals surface area contributed by atoms with Gasteiger partial charge in [-0.1, -0.05) is 0 Å². The van der Waals surface area contributed by atoms with E-state index in [9.17, 15) is 19.8 Å².